The average molecular weight is 294 g/mol. The lowest BCUT2D eigenvalue weighted by Crippen LogP contribution is -2.53. The quantitative estimate of drug-likeness (QED) is 0.920. The normalized spacial score (nSPS) is 25.1. The van der Waals surface area contributed by atoms with E-state index in [2.05, 4.69) is 10.2 Å². The van der Waals surface area contributed by atoms with Crippen molar-refractivity contribution in [3.63, 3.8) is 0 Å². The van der Waals surface area contributed by atoms with Gasteiger partial charge in [-0.25, -0.2) is 8.78 Å². The third-order valence-electron chi connectivity index (χ3n) is 4.91. The van der Waals surface area contributed by atoms with Crippen LogP contribution in [0.1, 0.15) is 37.7 Å². The summed E-state index contributed by atoms with van der Waals surface area (Å²) < 4.78 is 27.0. The molecule has 1 aliphatic heterocycles. The fraction of sp³-hybridized carbons (Fsp3) is 0.647. The summed E-state index contributed by atoms with van der Waals surface area (Å²) in [7, 11) is 0. The van der Waals surface area contributed by atoms with Crippen LogP contribution in [0, 0.1) is 17.6 Å². The molecule has 1 heterocycles. The Morgan fingerprint density at radius 2 is 1.95 bits per heavy atom. The van der Waals surface area contributed by atoms with E-state index in [1.165, 1.54) is 50.3 Å². The first-order valence-corrected chi connectivity index (χ1v) is 8.12. The molecule has 21 heavy (non-hydrogen) atoms. The number of halogens is 2. The molecular formula is C17H24F2N2. The Morgan fingerprint density at radius 1 is 1.14 bits per heavy atom. The molecule has 1 saturated carbocycles. The van der Waals surface area contributed by atoms with Crippen LogP contribution in [0.5, 0.6) is 0 Å². The lowest BCUT2D eigenvalue weighted by molar-refractivity contribution is 0.140. The number of hydrogen-bond donors (Lipinski definition) is 1. The van der Waals surface area contributed by atoms with Crippen molar-refractivity contribution in [3.05, 3.63) is 35.4 Å². The molecule has 1 aromatic rings. The van der Waals surface area contributed by atoms with Gasteiger partial charge in [-0.05, 0) is 37.0 Å². The van der Waals surface area contributed by atoms with Crippen molar-refractivity contribution in [2.45, 2.75) is 44.7 Å². The van der Waals surface area contributed by atoms with E-state index < -0.39 is 0 Å². The Balaban J connectivity index is 1.61. The van der Waals surface area contributed by atoms with Gasteiger partial charge in [0.05, 0.1) is 0 Å². The first-order chi connectivity index (χ1) is 10.2. The highest BCUT2D eigenvalue weighted by Gasteiger charge is 2.28. The van der Waals surface area contributed by atoms with Gasteiger partial charge in [-0.2, -0.15) is 0 Å². The maximum absolute atomic E-state index is 13.8. The molecule has 1 N–H and O–H groups in total. The van der Waals surface area contributed by atoms with E-state index in [1.54, 1.807) is 0 Å². The Morgan fingerprint density at radius 3 is 2.76 bits per heavy atom. The third-order valence-corrected chi connectivity index (χ3v) is 4.91. The highest BCUT2D eigenvalue weighted by atomic mass is 19.1. The summed E-state index contributed by atoms with van der Waals surface area (Å²) in [6.07, 6.45) is 6.64. The van der Waals surface area contributed by atoms with Crippen LogP contribution in [0.3, 0.4) is 0 Å². The summed E-state index contributed by atoms with van der Waals surface area (Å²) in [4.78, 5) is 2.26. The van der Waals surface area contributed by atoms with Gasteiger partial charge in [0, 0.05) is 37.8 Å². The smallest absolute Gasteiger partial charge is 0.127 e. The largest absolute Gasteiger partial charge is 0.311 e. The van der Waals surface area contributed by atoms with Gasteiger partial charge in [-0.3, -0.25) is 4.90 Å². The molecule has 2 nitrogen and oxygen atoms in total. The first kappa shape index (κ1) is 14.9. The summed E-state index contributed by atoms with van der Waals surface area (Å²) >= 11 is 0. The summed E-state index contributed by atoms with van der Waals surface area (Å²) in [5.74, 6) is 0.0911. The van der Waals surface area contributed by atoms with Gasteiger partial charge in [0.25, 0.3) is 0 Å². The molecule has 116 valence electrons. The minimum absolute atomic E-state index is 0.302. The molecule has 2 fully saturated rings. The van der Waals surface area contributed by atoms with Crippen molar-refractivity contribution in [2.75, 3.05) is 19.6 Å². The van der Waals surface area contributed by atoms with E-state index in [9.17, 15) is 8.78 Å². The molecule has 1 saturated heterocycles. The summed E-state index contributed by atoms with van der Waals surface area (Å²) in [5, 5.41) is 3.62. The van der Waals surface area contributed by atoms with E-state index in [1.807, 2.05) is 0 Å². The van der Waals surface area contributed by atoms with Gasteiger partial charge < -0.3 is 5.32 Å². The number of rotatable bonds is 3. The average Bonchev–Trinajstić information content (AvgIpc) is 2.52. The lowest BCUT2D eigenvalue weighted by Gasteiger charge is -2.39. The maximum atomic E-state index is 13.8. The highest BCUT2D eigenvalue weighted by molar-refractivity contribution is 5.18. The maximum Gasteiger partial charge on any atom is 0.127 e. The second-order valence-electron chi connectivity index (χ2n) is 6.43. The zero-order valence-electron chi connectivity index (χ0n) is 12.5. The third kappa shape index (κ3) is 3.80. The number of nitrogens with zero attached hydrogens (tertiary/aromatic N) is 1. The van der Waals surface area contributed by atoms with Gasteiger partial charge in [0.15, 0.2) is 0 Å². The molecule has 1 atom stereocenters. The van der Waals surface area contributed by atoms with Crippen LogP contribution in [0.2, 0.25) is 0 Å². The van der Waals surface area contributed by atoms with Crippen molar-refractivity contribution in [1.29, 1.82) is 0 Å². The molecule has 0 bridgehead atoms. The minimum Gasteiger partial charge on any atom is -0.311 e. The zero-order valence-corrected chi connectivity index (χ0v) is 12.5. The number of benzene rings is 1. The second kappa shape index (κ2) is 6.84. The molecular weight excluding hydrogens is 270 g/mol. The van der Waals surface area contributed by atoms with Gasteiger partial charge in [-0.1, -0.05) is 19.3 Å². The lowest BCUT2D eigenvalue weighted by atomic mass is 9.83. The predicted octanol–water partition coefficient (Wildman–Crippen LogP) is 3.32. The zero-order chi connectivity index (χ0) is 14.7. The van der Waals surface area contributed by atoms with Gasteiger partial charge in [0.1, 0.15) is 11.6 Å². The highest BCUT2D eigenvalue weighted by Crippen LogP contribution is 2.28. The standard InChI is InChI=1S/C17H24F2N2/c18-15-6-7-16(19)14(10-15)11-21-9-8-20-17(12-21)13-4-2-1-3-5-13/h6-7,10,13,17,20H,1-5,8-9,11-12H2. The van der Waals surface area contributed by atoms with Crippen LogP contribution < -0.4 is 5.32 Å². The minimum atomic E-state index is -0.356. The van der Waals surface area contributed by atoms with E-state index in [-0.39, 0.29) is 11.6 Å². The van der Waals surface area contributed by atoms with E-state index in [4.69, 9.17) is 0 Å². The van der Waals surface area contributed by atoms with Crippen LogP contribution >= 0.6 is 0 Å². The van der Waals surface area contributed by atoms with Crippen molar-refractivity contribution in [3.8, 4) is 0 Å². The molecule has 1 unspecified atom stereocenters. The number of hydrogen-bond acceptors (Lipinski definition) is 2. The topological polar surface area (TPSA) is 15.3 Å². The molecule has 1 aromatic carbocycles. The SMILES string of the molecule is Fc1ccc(F)c(CN2CCNC(C3CCCCC3)C2)c1. The monoisotopic (exact) mass is 294 g/mol. The Bertz CT molecular complexity index is 472. The van der Waals surface area contributed by atoms with Crippen LogP contribution in [0.15, 0.2) is 18.2 Å². The molecule has 0 radical (unpaired) electrons. The fourth-order valence-corrected chi connectivity index (χ4v) is 3.74. The molecule has 0 aromatic heterocycles. The Hall–Kier alpha value is -1.00. The summed E-state index contributed by atoms with van der Waals surface area (Å²) in [5.41, 5.74) is 0.472. The Kier molecular flexibility index (Phi) is 4.86. The predicted molar refractivity (Wildman–Crippen MR) is 80.0 cm³/mol. The number of nitrogens with one attached hydrogen (secondary N) is 1. The Labute approximate surface area is 125 Å². The fourth-order valence-electron chi connectivity index (χ4n) is 3.74. The van der Waals surface area contributed by atoms with Crippen LogP contribution in [0.25, 0.3) is 0 Å². The molecule has 0 spiro atoms. The first-order valence-electron chi connectivity index (χ1n) is 8.12. The van der Waals surface area contributed by atoms with E-state index >= 15 is 0 Å². The molecule has 2 aliphatic rings. The van der Waals surface area contributed by atoms with Gasteiger partial charge >= 0.3 is 0 Å². The summed E-state index contributed by atoms with van der Waals surface area (Å²) in [6.45, 7) is 3.30. The van der Waals surface area contributed by atoms with Crippen LogP contribution in [-0.2, 0) is 6.54 Å². The van der Waals surface area contributed by atoms with Gasteiger partial charge in [-0.15, -0.1) is 0 Å². The van der Waals surface area contributed by atoms with Crippen molar-refractivity contribution >= 4 is 0 Å². The van der Waals surface area contributed by atoms with Crippen molar-refractivity contribution in [2.24, 2.45) is 5.92 Å². The van der Waals surface area contributed by atoms with Crippen molar-refractivity contribution < 1.29 is 8.78 Å². The number of piperazine rings is 1. The molecule has 1 aliphatic carbocycles. The molecule has 3 rings (SSSR count). The molecule has 0 amide bonds. The summed E-state index contributed by atoms with van der Waals surface area (Å²) in [6, 6.07) is 4.25. The molecule has 4 heteroatoms. The van der Waals surface area contributed by atoms with Crippen LogP contribution in [0.4, 0.5) is 8.78 Å². The van der Waals surface area contributed by atoms with Crippen LogP contribution in [-0.4, -0.2) is 30.6 Å². The van der Waals surface area contributed by atoms with E-state index in [0.29, 0.717) is 18.2 Å². The second-order valence-corrected chi connectivity index (χ2v) is 6.43. The van der Waals surface area contributed by atoms with E-state index in [0.717, 1.165) is 25.6 Å². The van der Waals surface area contributed by atoms with Gasteiger partial charge in [0.2, 0.25) is 0 Å². The van der Waals surface area contributed by atoms with Crippen molar-refractivity contribution in [1.82, 2.24) is 10.2 Å².